The van der Waals surface area contributed by atoms with E-state index in [1.807, 2.05) is 0 Å². The van der Waals surface area contributed by atoms with Crippen LogP contribution >= 0.6 is 0 Å². The second-order valence-corrected chi connectivity index (χ2v) is 6.76. The highest BCUT2D eigenvalue weighted by atomic mass is 28.3. The first-order valence-electron chi connectivity index (χ1n) is 6.34. The van der Waals surface area contributed by atoms with Crippen LogP contribution in [0.2, 0.25) is 0 Å². The van der Waals surface area contributed by atoms with Gasteiger partial charge in [0.15, 0.2) is 11.6 Å². The third-order valence-corrected chi connectivity index (χ3v) is 5.06. The molecule has 2 aromatic rings. The highest BCUT2D eigenvalue weighted by Crippen LogP contribution is 2.25. The molecule has 0 fully saturated rings. The fraction of sp³-hybridized carbons (Fsp3) is 0.200. The summed E-state index contributed by atoms with van der Waals surface area (Å²) in [5, 5.41) is 0. The van der Waals surface area contributed by atoms with Crippen LogP contribution in [0.4, 0.5) is 13.2 Å². The Hall–Kier alpha value is -1.63. The van der Waals surface area contributed by atoms with Crippen molar-refractivity contribution in [2.75, 3.05) is 14.2 Å². The van der Waals surface area contributed by atoms with Crippen LogP contribution in [0.25, 0.3) is 11.1 Å². The molecule has 2 nitrogen and oxygen atoms in total. The Balaban J connectivity index is 2.25. The standard InChI is InChI=1S/C15H15F3O2Si/c1-19-21(20-2)9-10-3-5-11(6-4-10)12-7-14(17)15(18)8-13(12)16/h3-8,21H,9H2,1-2H3. The minimum absolute atomic E-state index is 0.0349. The van der Waals surface area contributed by atoms with Crippen molar-refractivity contribution in [1.29, 1.82) is 0 Å². The maximum atomic E-state index is 13.7. The van der Waals surface area contributed by atoms with Gasteiger partial charge in [0.1, 0.15) is 5.82 Å². The van der Waals surface area contributed by atoms with Crippen LogP contribution < -0.4 is 0 Å². The summed E-state index contributed by atoms with van der Waals surface area (Å²) in [6.07, 6.45) is 0. The van der Waals surface area contributed by atoms with E-state index in [1.54, 1.807) is 38.5 Å². The minimum Gasteiger partial charge on any atom is -0.400 e. The summed E-state index contributed by atoms with van der Waals surface area (Å²) >= 11 is 0. The molecule has 0 heterocycles. The number of hydrogen-bond acceptors (Lipinski definition) is 2. The summed E-state index contributed by atoms with van der Waals surface area (Å²) in [5.41, 5.74) is 1.51. The minimum atomic E-state index is -1.72. The van der Waals surface area contributed by atoms with Crippen LogP contribution in [0, 0.1) is 17.5 Å². The summed E-state index contributed by atoms with van der Waals surface area (Å²) in [7, 11) is 1.49. The summed E-state index contributed by atoms with van der Waals surface area (Å²) in [5.74, 6) is -3.05. The van der Waals surface area contributed by atoms with Crippen molar-refractivity contribution in [2.24, 2.45) is 0 Å². The zero-order chi connectivity index (χ0) is 15.4. The van der Waals surface area contributed by atoms with Crippen molar-refractivity contribution in [3.05, 3.63) is 59.4 Å². The van der Waals surface area contributed by atoms with E-state index in [-0.39, 0.29) is 5.56 Å². The lowest BCUT2D eigenvalue weighted by molar-refractivity contribution is 0.277. The van der Waals surface area contributed by atoms with Crippen LogP contribution in [0.1, 0.15) is 5.56 Å². The molecule has 6 heteroatoms. The van der Waals surface area contributed by atoms with E-state index < -0.39 is 26.7 Å². The van der Waals surface area contributed by atoms with Gasteiger partial charge in [0.05, 0.1) is 0 Å². The van der Waals surface area contributed by atoms with E-state index in [0.717, 1.165) is 11.6 Å². The van der Waals surface area contributed by atoms with Crippen molar-refractivity contribution in [1.82, 2.24) is 0 Å². The predicted molar refractivity (Wildman–Crippen MR) is 76.6 cm³/mol. The van der Waals surface area contributed by atoms with Gasteiger partial charge in [0, 0.05) is 31.9 Å². The fourth-order valence-electron chi connectivity index (χ4n) is 2.02. The van der Waals surface area contributed by atoms with E-state index in [9.17, 15) is 13.2 Å². The first-order valence-corrected chi connectivity index (χ1v) is 8.10. The lowest BCUT2D eigenvalue weighted by Crippen LogP contribution is -2.22. The van der Waals surface area contributed by atoms with Crippen LogP contribution in [0.3, 0.4) is 0 Å². The zero-order valence-electron chi connectivity index (χ0n) is 11.7. The molecular formula is C15H15F3O2Si. The number of hydrogen-bond donors (Lipinski definition) is 0. The van der Waals surface area contributed by atoms with Gasteiger partial charge >= 0.3 is 9.28 Å². The molecule has 0 amide bonds. The van der Waals surface area contributed by atoms with Gasteiger partial charge in [0.25, 0.3) is 0 Å². The number of benzene rings is 2. The van der Waals surface area contributed by atoms with Crippen molar-refractivity contribution < 1.29 is 22.0 Å². The monoisotopic (exact) mass is 312 g/mol. The van der Waals surface area contributed by atoms with E-state index in [2.05, 4.69) is 0 Å². The molecule has 0 unspecified atom stereocenters. The summed E-state index contributed by atoms with van der Waals surface area (Å²) in [6.45, 7) is 0. The molecule has 0 saturated carbocycles. The molecule has 0 aliphatic carbocycles. The molecular weight excluding hydrogens is 297 g/mol. The summed E-state index contributed by atoms with van der Waals surface area (Å²) in [4.78, 5) is 0. The van der Waals surface area contributed by atoms with Crippen LogP contribution in [0.15, 0.2) is 36.4 Å². The van der Waals surface area contributed by atoms with E-state index >= 15 is 0 Å². The smallest absolute Gasteiger partial charge is 0.325 e. The third-order valence-electron chi connectivity index (χ3n) is 3.20. The van der Waals surface area contributed by atoms with Gasteiger partial charge in [-0.25, -0.2) is 13.2 Å². The molecule has 2 aromatic carbocycles. The Morgan fingerprint density at radius 1 is 0.857 bits per heavy atom. The van der Waals surface area contributed by atoms with Crippen molar-refractivity contribution >= 4 is 9.28 Å². The van der Waals surface area contributed by atoms with Gasteiger partial charge in [-0.1, -0.05) is 24.3 Å². The molecule has 112 valence electrons. The highest BCUT2D eigenvalue weighted by molar-refractivity contribution is 6.43. The van der Waals surface area contributed by atoms with Gasteiger partial charge in [-0.15, -0.1) is 0 Å². The predicted octanol–water partition coefficient (Wildman–Crippen LogP) is 3.37. The average molecular weight is 312 g/mol. The molecule has 0 aliphatic heterocycles. The van der Waals surface area contributed by atoms with Gasteiger partial charge in [-0.05, 0) is 17.2 Å². The van der Waals surface area contributed by atoms with Crippen LogP contribution in [-0.2, 0) is 14.9 Å². The highest BCUT2D eigenvalue weighted by Gasteiger charge is 2.13. The fourth-order valence-corrected chi connectivity index (χ4v) is 3.20. The molecule has 21 heavy (non-hydrogen) atoms. The molecule has 0 spiro atoms. The van der Waals surface area contributed by atoms with Gasteiger partial charge in [-0.3, -0.25) is 0 Å². The lowest BCUT2D eigenvalue weighted by atomic mass is 10.0. The van der Waals surface area contributed by atoms with Crippen LogP contribution in [-0.4, -0.2) is 23.5 Å². The summed E-state index contributed by atoms with van der Waals surface area (Å²) < 4.78 is 50.3. The Morgan fingerprint density at radius 3 is 2.00 bits per heavy atom. The SMILES string of the molecule is CO[SiH](Cc1ccc(-c2cc(F)c(F)cc2F)cc1)OC. The van der Waals surface area contributed by atoms with Gasteiger partial charge in [-0.2, -0.15) is 0 Å². The molecule has 0 atom stereocenters. The molecule has 0 radical (unpaired) electrons. The second-order valence-electron chi connectivity index (χ2n) is 4.55. The first-order chi connectivity index (χ1) is 10.0. The van der Waals surface area contributed by atoms with Crippen molar-refractivity contribution in [3.63, 3.8) is 0 Å². The lowest BCUT2D eigenvalue weighted by Gasteiger charge is -2.11. The summed E-state index contributed by atoms with van der Waals surface area (Å²) in [6, 6.07) is 9.03. The Labute approximate surface area is 123 Å². The largest absolute Gasteiger partial charge is 0.400 e. The third kappa shape index (κ3) is 3.72. The maximum absolute atomic E-state index is 13.7. The van der Waals surface area contributed by atoms with E-state index in [0.29, 0.717) is 17.7 Å². The Kier molecular flexibility index (Phi) is 5.16. The average Bonchev–Trinajstić information content (AvgIpc) is 2.49. The van der Waals surface area contributed by atoms with Crippen molar-refractivity contribution in [2.45, 2.75) is 6.04 Å². The van der Waals surface area contributed by atoms with Gasteiger partial charge < -0.3 is 8.85 Å². The Morgan fingerprint density at radius 2 is 1.43 bits per heavy atom. The number of halogens is 3. The molecule has 0 aromatic heterocycles. The quantitative estimate of drug-likeness (QED) is 0.622. The Bertz CT molecular complexity index is 613. The first kappa shape index (κ1) is 15.8. The van der Waals surface area contributed by atoms with E-state index in [4.69, 9.17) is 8.85 Å². The molecule has 2 rings (SSSR count). The second kappa shape index (κ2) is 6.88. The zero-order valence-corrected chi connectivity index (χ0v) is 12.9. The van der Waals surface area contributed by atoms with Crippen LogP contribution in [0.5, 0.6) is 0 Å². The van der Waals surface area contributed by atoms with Gasteiger partial charge in [0.2, 0.25) is 0 Å². The topological polar surface area (TPSA) is 18.5 Å². The van der Waals surface area contributed by atoms with Crippen molar-refractivity contribution in [3.8, 4) is 11.1 Å². The molecule has 0 aliphatic rings. The number of rotatable bonds is 5. The molecule has 0 N–H and O–H groups in total. The maximum Gasteiger partial charge on any atom is 0.325 e. The molecule has 0 saturated heterocycles. The molecule has 0 bridgehead atoms. The van der Waals surface area contributed by atoms with E-state index in [1.165, 1.54) is 0 Å². The normalized spacial score (nSPS) is 11.1.